The molecule has 0 saturated heterocycles. The van der Waals surface area contributed by atoms with E-state index >= 15 is 0 Å². The second kappa shape index (κ2) is 5.88. The summed E-state index contributed by atoms with van der Waals surface area (Å²) in [6, 6.07) is 0. The molecule has 0 spiro atoms. The molecule has 0 rings (SSSR count). The van der Waals surface area contributed by atoms with E-state index in [1.54, 1.807) is 0 Å². The molecule has 84 valence electrons. The zero-order valence-corrected chi connectivity index (χ0v) is 8.10. The first-order valence-electron chi connectivity index (χ1n) is 4.66. The highest BCUT2D eigenvalue weighted by atomic mass is 19.4. The van der Waals surface area contributed by atoms with Crippen LogP contribution in [0.25, 0.3) is 0 Å². The van der Waals surface area contributed by atoms with Crippen molar-refractivity contribution in [3.8, 4) is 0 Å². The highest BCUT2D eigenvalue weighted by molar-refractivity contribution is 5.69. The number of hydrogen-bond acceptors (Lipinski definition) is 1. The third-order valence-corrected chi connectivity index (χ3v) is 2.03. The van der Waals surface area contributed by atoms with Crippen molar-refractivity contribution in [2.45, 2.75) is 45.2 Å². The second-order valence-corrected chi connectivity index (χ2v) is 3.33. The van der Waals surface area contributed by atoms with Gasteiger partial charge in [-0.25, -0.2) is 0 Å². The molecule has 0 amide bonds. The van der Waals surface area contributed by atoms with Gasteiger partial charge in [-0.05, 0) is 12.8 Å². The average Bonchev–Trinajstić information content (AvgIpc) is 2.01. The molecule has 0 fully saturated rings. The van der Waals surface area contributed by atoms with Crippen LogP contribution < -0.4 is 0 Å². The summed E-state index contributed by atoms with van der Waals surface area (Å²) < 4.78 is 35.4. The number of unbranched alkanes of at least 4 members (excludes halogenated alkanes) is 1. The van der Waals surface area contributed by atoms with Crippen LogP contribution >= 0.6 is 0 Å². The Balaban J connectivity index is 3.91. The molecule has 14 heavy (non-hydrogen) atoms. The van der Waals surface area contributed by atoms with Crippen LogP contribution in [0.15, 0.2) is 0 Å². The van der Waals surface area contributed by atoms with Crippen molar-refractivity contribution < 1.29 is 23.1 Å². The van der Waals surface area contributed by atoms with E-state index in [9.17, 15) is 18.0 Å². The summed E-state index contributed by atoms with van der Waals surface area (Å²) in [5, 5.41) is 8.63. The van der Waals surface area contributed by atoms with Gasteiger partial charge in [0.1, 0.15) is 0 Å². The van der Waals surface area contributed by atoms with Gasteiger partial charge in [0, 0.05) is 6.42 Å². The van der Waals surface area contributed by atoms with Gasteiger partial charge in [0.15, 0.2) is 0 Å². The predicted molar refractivity (Wildman–Crippen MR) is 45.9 cm³/mol. The van der Waals surface area contributed by atoms with Gasteiger partial charge < -0.3 is 5.11 Å². The van der Waals surface area contributed by atoms with Crippen LogP contribution in [0.3, 0.4) is 0 Å². The van der Waals surface area contributed by atoms with Crippen LogP contribution in [0.1, 0.15) is 39.0 Å². The second-order valence-electron chi connectivity index (χ2n) is 3.33. The molecule has 0 bridgehead atoms. The van der Waals surface area contributed by atoms with Crippen LogP contribution in [0.4, 0.5) is 13.2 Å². The Bertz CT molecular complexity index is 177. The topological polar surface area (TPSA) is 37.3 Å². The fourth-order valence-electron chi connectivity index (χ4n) is 1.18. The molecule has 5 heteroatoms. The Labute approximate surface area is 81.1 Å². The van der Waals surface area contributed by atoms with Crippen LogP contribution in [0.2, 0.25) is 0 Å². The van der Waals surface area contributed by atoms with Crippen LogP contribution in [0, 0.1) is 5.92 Å². The molecule has 0 aromatic carbocycles. The maximum Gasteiger partial charge on any atom is 0.389 e. The molecule has 0 heterocycles. The highest BCUT2D eigenvalue weighted by Crippen LogP contribution is 2.26. The zero-order chi connectivity index (χ0) is 11.2. The summed E-state index contributed by atoms with van der Waals surface area (Å²) in [6.07, 6.45) is -3.76. The normalized spacial score (nSPS) is 14.0. The van der Waals surface area contributed by atoms with Crippen molar-refractivity contribution in [2.24, 2.45) is 5.92 Å². The predicted octanol–water partition coefficient (Wildman–Crippen LogP) is 3.22. The molecule has 0 aliphatic heterocycles. The lowest BCUT2D eigenvalue weighted by Crippen LogP contribution is -2.17. The molecule has 0 aliphatic carbocycles. The molecule has 0 saturated carbocycles. The summed E-state index contributed by atoms with van der Waals surface area (Å²) >= 11 is 0. The maximum atomic E-state index is 11.8. The van der Waals surface area contributed by atoms with Gasteiger partial charge in [0.05, 0.1) is 5.92 Å². The van der Waals surface area contributed by atoms with E-state index in [0.29, 0.717) is 12.8 Å². The third-order valence-electron chi connectivity index (χ3n) is 2.03. The minimum Gasteiger partial charge on any atom is -0.481 e. The third kappa shape index (κ3) is 6.74. The molecule has 1 atom stereocenters. The van der Waals surface area contributed by atoms with E-state index in [-0.39, 0.29) is 6.42 Å². The van der Waals surface area contributed by atoms with Gasteiger partial charge in [0.25, 0.3) is 0 Å². The van der Waals surface area contributed by atoms with Crippen LogP contribution in [-0.4, -0.2) is 17.3 Å². The molecular weight excluding hydrogens is 197 g/mol. The molecule has 1 N–H and O–H groups in total. The average molecular weight is 212 g/mol. The van der Waals surface area contributed by atoms with Gasteiger partial charge in [-0.3, -0.25) is 4.79 Å². The largest absolute Gasteiger partial charge is 0.481 e. The molecule has 2 nitrogen and oxygen atoms in total. The summed E-state index contributed by atoms with van der Waals surface area (Å²) in [5.74, 6) is -1.97. The van der Waals surface area contributed by atoms with Crippen molar-refractivity contribution in [3.05, 3.63) is 0 Å². The van der Waals surface area contributed by atoms with E-state index in [1.165, 1.54) is 0 Å². The van der Waals surface area contributed by atoms with Gasteiger partial charge in [-0.2, -0.15) is 13.2 Å². The van der Waals surface area contributed by atoms with Crippen LogP contribution in [0.5, 0.6) is 0 Å². The van der Waals surface area contributed by atoms with Crippen molar-refractivity contribution in [1.29, 1.82) is 0 Å². The zero-order valence-electron chi connectivity index (χ0n) is 8.10. The number of alkyl halides is 3. The smallest absolute Gasteiger partial charge is 0.389 e. The van der Waals surface area contributed by atoms with E-state index in [0.717, 1.165) is 6.42 Å². The molecule has 0 aromatic heterocycles. The lowest BCUT2D eigenvalue weighted by atomic mass is 9.97. The fourth-order valence-corrected chi connectivity index (χ4v) is 1.18. The standard InChI is InChI=1S/C9H15F3O2/c1-2-3-4-7(8(13)14)5-6-9(10,11)12/h7H,2-6H2,1H3,(H,13,14). The van der Waals surface area contributed by atoms with Crippen molar-refractivity contribution in [1.82, 2.24) is 0 Å². The monoisotopic (exact) mass is 212 g/mol. The first kappa shape index (κ1) is 13.3. The minimum atomic E-state index is -4.25. The molecule has 0 aliphatic rings. The lowest BCUT2D eigenvalue weighted by molar-refractivity contribution is -0.149. The fraction of sp³-hybridized carbons (Fsp3) is 0.889. The molecule has 0 aromatic rings. The summed E-state index contributed by atoms with van der Waals surface area (Å²) in [5.41, 5.74) is 0. The van der Waals surface area contributed by atoms with E-state index in [4.69, 9.17) is 5.11 Å². The number of aliphatic carboxylic acids is 1. The summed E-state index contributed by atoms with van der Waals surface area (Å²) in [4.78, 5) is 10.6. The highest BCUT2D eigenvalue weighted by Gasteiger charge is 2.30. The molecule has 0 radical (unpaired) electrons. The van der Waals surface area contributed by atoms with E-state index in [2.05, 4.69) is 0 Å². The van der Waals surface area contributed by atoms with E-state index < -0.39 is 24.5 Å². The summed E-state index contributed by atoms with van der Waals surface area (Å²) in [6.45, 7) is 1.88. The van der Waals surface area contributed by atoms with Crippen molar-refractivity contribution in [3.63, 3.8) is 0 Å². The number of carboxylic acid groups (broad SMARTS) is 1. The SMILES string of the molecule is CCCCC(CCC(F)(F)F)C(=O)O. The quantitative estimate of drug-likeness (QED) is 0.733. The van der Waals surface area contributed by atoms with Crippen molar-refractivity contribution in [2.75, 3.05) is 0 Å². The Morgan fingerprint density at radius 1 is 1.36 bits per heavy atom. The maximum absolute atomic E-state index is 11.8. The Morgan fingerprint density at radius 2 is 1.93 bits per heavy atom. The number of rotatable bonds is 6. The first-order valence-corrected chi connectivity index (χ1v) is 4.66. The Morgan fingerprint density at radius 3 is 2.29 bits per heavy atom. The number of halogens is 3. The summed E-state index contributed by atoms with van der Waals surface area (Å²) in [7, 11) is 0. The lowest BCUT2D eigenvalue weighted by Gasteiger charge is -2.12. The van der Waals surface area contributed by atoms with Crippen molar-refractivity contribution >= 4 is 5.97 Å². The Hall–Kier alpha value is -0.740. The minimum absolute atomic E-state index is 0.307. The Kier molecular flexibility index (Phi) is 5.57. The first-order chi connectivity index (χ1) is 6.37. The van der Waals surface area contributed by atoms with Gasteiger partial charge >= 0.3 is 12.1 Å². The number of carboxylic acids is 1. The van der Waals surface area contributed by atoms with Gasteiger partial charge in [0.2, 0.25) is 0 Å². The molecule has 1 unspecified atom stereocenters. The van der Waals surface area contributed by atoms with Gasteiger partial charge in [-0.1, -0.05) is 19.8 Å². The van der Waals surface area contributed by atoms with Crippen LogP contribution in [-0.2, 0) is 4.79 Å². The van der Waals surface area contributed by atoms with E-state index in [1.807, 2.05) is 6.92 Å². The molecular formula is C9H15F3O2. The number of hydrogen-bond donors (Lipinski definition) is 1. The number of carbonyl (C=O) groups is 1. The van der Waals surface area contributed by atoms with Gasteiger partial charge in [-0.15, -0.1) is 0 Å².